The molecule has 0 spiro atoms. The summed E-state index contributed by atoms with van der Waals surface area (Å²) in [4.78, 5) is 13.1. The van der Waals surface area contributed by atoms with E-state index < -0.39 is 0 Å². The fourth-order valence-corrected chi connectivity index (χ4v) is 1.77. The molecule has 1 amide bonds. The molecule has 0 radical (unpaired) electrons. The Hall–Kier alpha value is -0.650. The highest BCUT2D eigenvalue weighted by Crippen LogP contribution is 2.07. The topological polar surface area (TPSA) is 64.6 Å². The van der Waals surface area contributed by atoms with Gasteiger partial charge in [0.05, 0.1) is 12.6 Å². The molecule has 88 valence electrons. The van der Waals surface area contributed by atoms with Crippen LogP contribution >= 0.6 is 0 Å². The highest BCUT2D eigenvalue weighted by molar-refractivity contribution is 5.77. The summed E-state index contributed by atoms with van der Waals surface area (Å²) < 4.78 is 0. The largest absolute Gasteiger partial charge is 0.390 e. The van der Waals surface area contributed by atoms with Crippen molar-refractivity contribution in [2.45, 2.75) is 18.9 Å². The second kappa shape index (κ2) is 6.76. The summed E-state index contributed by atoms with van der Waals surface area (Å²) in [6.07, 6.45) is 2.09. The lowest BCUT2D eigenvalue weighted by Crippen LogP contribution is -2.40. The minimum Gasteiger partial charge on any atom is -0.390 e. The summed E-state index contributed by atoms with van der Waals surface area (Å²) in [5, 5.41) is 15.1. The van der Waals surface area contributed by atoms with E-state index in [0.717, 1.165) is 13.1 Å². The maximum Gasteiger partial charge on any atom is 0.233 e. The second-order valence-electron chi connectivity index (χ2n) is 3.97. The number of carbonyl (C=O) groups is 1. The molecule has 1 fully saturated rings. The van der Waals surface area contributed by atoms with Gasteiger partial charge in [0.25, 0.3) is 0 Å². The first-order valence-electron chi connectivity index (χ1n) is 5.54. The summed E-state index contributed by atoms with van der Waals surface area (Å²) in [7, 11) is 1.60. The van der Waals surface area contributed by atoms with Crippen LogP contribution in [-0.2, 0) is 4.79 Å². The number of amides is 1. The van der Waals surface area contributed by atoms with E-state index in [1.807, 2.05) is 0 Å². The fraction of sp³-hybridized carbons (Fsp3) is 0.900. The van der Waals surface area contributed by atoms with Gasteiger partial charge in [-0.1, -0.05) is 0 Å². The molecule has 5 nitrogen and oxygen atoms in total. The van der Waals surface area contributed by atoms with Crippen molar-refractivity contribution in [3.63, 3.8) is 0 Å². The van der Waals surface area contributed by atoms with E-state index in [4.69, 9.17) is 0 Å². The van der Waals surface area contributed by atoms with Gasteiger partial charge in [-0.25, -0.2) is 0 Å². The molecule has 0 bridgehead atoms. The van der Waals surface area contributed by atoms with Crippen LogP contribution in [0.3, 0.4) is 0 Å². The van der Waals surface area contributed by atoms with Crippen LogP contribution in [0.15, 0.2) is 0 Å². The van der Waals surface area contributed by atoms with E-state index in [2.05, 4.69) is 15.5 Å². The molecule has 1 unspecified atom stereocenters. The van der Waals surface area contributed by atoms with Crippen molar-refractivity contribution in [2.75, 3.05) is 39.8 Å². The Kier molecular flexibility index (Phi) is 5.60. The number of likely N-dealkylation sites (tertiary alicyclic amines) is 1. The SMILES string of the molecule is CNC(=O)CNCC(O)CN1CCCC1. The molecule has 5 heteroatoms. The summed E-state index contributed by atoms with van der Waals surface area (Å²) >= 11 is 0. The van der Waals surface area contributed by atoms with Crippen molar-refractivity contribution in [1.82, 2.24) is 15.5 Å². The maximum absolute atomic E-state index is 10.9. The first-order chi connectivity index (χ1) is 7.22. The summed E-state index contributed by atoms with van der Waals surface area (Å²) in [5.41, 5.74) is 0. The number of aliphatic hydroxyl groups excluding tert-OH is 1. The lowest BCUT2D eigenvalue weighted by Gasteiger charge is -2.19. The zero-order chi connectivity index (χ0) is 11.1. The normalized spacial score (nSPS) is 19.1. The Balaban J connectivity index is 2.02. The number of β-amino-alcohol motifs (C(OH)–C–C–N with tert-alkyl or cyclic N) is 1. The lowest BCUT2D eigenvalue weighted by molar-refractivity contribution is -0.119. The molecule has 15 heavy (non-hydrogen) atoms. The van der Waals surface area contributed by atoms with E-state index in [1.54, 1.807) is 7.05 Å². The van der Waals surface area contributed by atoms with E-state index in [1.165, 1.54) is 12.8 Å². The molecule has 1 rings (SSSR count). The highest BCUT2D eigenvalue weighted by Gasteiger charge is 2.15. The van der Waals surface area contributed by atoms with Gasteiger partial charge in [-0.3, -0.25) is 4.79 Å². The Morgan fingerprint density at radius 2 is 2.13 bits per heavy atom. The van der Waals surface area contributed by atoms with Crippen LogP contribution in [0.2, 0.25) is 0 Å². The quantitative estimate of drug-likeness (QED) is 0.519. The minimum absolute atomic E-state index is 0.0524. The number of rotatable bonds is 6. The van der Waals surface area contributed by atoms with Crippen LogP contribution in [0, 0.1) is 0 Å². The number of hydrogen-bond acceptors (Lipinski definition) is 4. The third-order valence-corrected chi connectivity index (χ3v) is 2.61. The van der Waals surface area contributed by atoms with Gasteiger partial charge < -0.3 is 20.6 Å². The smallest absolute Gasteiger partial charge is 0.233 e. The van der Waals surface area contributed by atoms with Crippen molar-refractivity contribution in [2.24, 2.45) is 0 Å². The molecule has 1 aliphatic heterocycles. The molecule has 0 saturated carbocycles. The molecule has 3 N–H and O–H groups in total. The highest BCUT2D eigenvalue weighted by atomic mass is 16.3. The van der Waals surface area contributed by atoms with Crippen LogP contribution in [0.5, 0.6) is 0 Å². The summed E-state index contributed by atoms with van der Waals surface area (Å²) in [6, 6.07) is 0. The average Bonchev–Trinajstić information content (AvgIpc) is 2.70. The average molecular weight is 215 g/mol. The molecule has 1 aliphatic rings. The van der Waals surface area contributed by atoms with Crippen LogP contribution in [-0.4, -0.2) is 61.8 Å². The zero-order valence-electron chi connectivity index (χ0n) is 9.33. The van der Waals surface area contributed by atoms with Crippen LogP contribution in [0.1, 0.15) is 12.8 Å². The Labute approximate surface area is 90.8 Å². The molecule has 0 aromatic heterocycles. The zero-order valence-corrected chi connectivity index (χ0v) is 9.33. The molecule has 0 aromatic carbocycles. The molecule has 1 heterocycles. The first kappa shape index (κ1) is 12.4. The van der Waals surface area contributed by atoms with Crippen LogP contribution in [0.25, 0.3) is 0 Å². The molecule has 1 atom stereocenters. The van der Waals surface area contributed by atoms with Gasteiger partial charge in [0.15, 0.2) is 0 Å². The number of likely N-dealkylation sites (N-methyl/N-ethyl adjacent to an activating group) is 1. The van der Waals surface area contributed by atoms with Crippen molar-refractivity contribution in [3.05, 3.63) is 0 Å². The third kappa shape index (κ3) is 5.11. The standard InChI is InChI=1S/C10H21N3O2/c1-11-10(15)7-12-6-9(14)8-13-4-2-3-5-13/h9,12,14H,2-8H2,1H3,(H,11,15). The Morgan fingerprint density at radius 3 is 2.73 bits per heavy atom. The third-order valence-electron chi connectivity index (χ3n) is 2.61. The monoisotopic (exact) mass is 215 g/mol. The predicted molar refractivity (Wildman–Crippen MR) is 58.6 cm³/mol. The Bertz CT molecular complexity index is 193. The Morgan fingerprint density at radius 1 is 1.47 bits per heavy atom. The number of nitrogens with one attached hydrogen (secondary N) is 2. The van der Waals surface area contributed by atoms with Crippen molar-refractivity contribution >= 4 is 5.91 Å². The van der Waals surface area contributed by atoms with Gasteiger partial charge in [-0.05, 0) is 25.9 Å². The van der Waals surface area contributed by atoms with Gasteiger partial charge in [0.1, 0.15) is 0 Å². The van der Waals surface area contributed by atoms with Crippen LogP contribution < -0.4 is 10.6 Å². The lowest BCUT2D eigenvalue weighted by atomic mass is 10.3. The van der Waals surface area contributed by atoms with Gasteiger partial charge in [0, 0.05) is 20.1 Å². The number of hydrogen-bond donors (Lipinski definition) is 3. The van der Waals surface area contributed by atoms with E-state index in [0.29, 0.717) is 13.1 Å². The summed E-state index contributed by atoms with van der Waals surface area (Å²) in [6.45, 7) is 3.64. The maximum atomic E-state index is 10.9. The summed E-state index contributed by atoms with van der Waals surface area (Å²) in [5.74, 6) is -0.0524. The van der Waals surface area contributed by atoms with E-state index in [9.17, 15) is 9.90 Å². The second-order valence-corrected chi connectivity index (χ2v) is 3.97. The number of aliphatic hydroxyl groups is 1. The van der Waals surface area contributed by atoms with Crippen molar-refractivity contribution in [3.8, 4) is 0 Å². The van der Waals surface area contributed by atoms with Gasteiger partial charge in [0.2, 0.25) is 5.91 Å². The molecular weight excluding hydrogens is 194 g/mol. The predicted octanol–water partition coefficient (Wildman–Crippen LogP) is -1.22. The number of nitrogens with zero attached hydrogens (tertiary/aromatic N) is 1. The van der Waals surface area contributed by atoms with Gasteiger partial charge in [-0.15, -0.1) is 0 Å². The van der Waals surface area contributed by atoms with E-state index in [-0.39, 0.29) is 18.6 Å². The van der Waals surface area contributed by atoms with Crippen molar-refractivity contribution in [1.29, 1.82) is 0 Å². The molecule has 1 saturated heterocycles. The first-order valence-corrected chi connectivity index (χ1v) is 5.54. The van der Waals surface area contributed by atoms with E-state index >= 15 is 0 Å². The molecule has 0 aliphatic carbocycles. The van der Waals surface area contributed by atoms with Gasteiger partial charge >= 0.3 is 0 Å². The van der Waals surface area contributed by atoms with Gasteiger partial charge in [-0.2, -0.15) is 0 Å². The number of carbonyl (C=O) groups excluding carboxylic acids is 1. The van der Waals surface area contributed by atoms with Crippen LogP contribution in [0.4, 0.5) is 0 Å². The van der Waals surface area contributed by atoms with Crippen molar-refractivity contribution < 1.29 is 9.90 Å². The minimum atomic E-state index is -0.382. The fourth-order valence-electron chi connectivity index (χ4n) is 1.77. The molecule has 0 aromatic rings. The molecular formula is C10H21N3O2.